The van der Waals surface area contributed by atoms with Gasteiger partial charge in [-0.25, -0.2) is 9.37 Å². The zero-order chi connectivity index (χ0) is 22.9. The second-order valence-electron chi connectivity index (χ2n) is 9.56. The molecule has 0 spiro atoms. The van der Waals surface area contributed by atoms with E-state index < -0.39 is 0 Å². The summed E-state index contributed by atoms with van der Waals surface area (Å²) in [5, 5.41) is 4.86. The fourth-order valence-corrected chi connectivity index (χ4v) is 5.15. The summed E-state index contributed by atoms with van der Waals surface area (Å²) in [7, 11) is 0. The third-order valence-corrected chi connectivity index (χ3v) is 6.97. The van der Waals surface area contributed by atoms with Crippen molar-refractivity contribution in [2.45, 2.75) is 57.7 Å². The summed E-state index contributed by atoms with van der Waals surface area (Å²) in [5.41, 5.74) is 10.2. The summed E-state index contributed by atoms with van der Waals surface area (Å²) in [5.74, 6) is 0.605. The molecule has 3 aliphatic rings. The minimum absolute atomic E-state index is 0.0892. The Morgan fingerprint density at radius 2 is 1.97 bits per heavy atom. The van der Waals surface area contributed by atoms with E-state index in [9.17, 15) is 9.18 Å². The molecule has 33 heavy (non-hydrogen) atoms. The summed E-state index contributed by atoms with van der Waals surface area (Å²) < 4.78 is 16.4. The number of anilines is 3. The number of carbonyl (C=O) groups excluding carboxylic acids is 1. The van der Waals surface area contributed by atoms with Gasteiger partial charge < -0.3 is 10.6 Å². The number of nitrogens with two attached hydrogens (primary N) is 1. The minimum Gasteiger partial charge on any atom is -0.382 e. The smallest absolute Gasteiger partial charge is 0.260 e. The first-order valence-electron chi connectivity index (χ1n) is 11.7. The van der Waals surface area contributed by atoms with Crippen LogP contribution in [0.15, 0.2) is 36.7 Å². The van der Waals surface area contributed by atoms with Crippen molar-refractivity contribution in [1.82, 2.24) is 14.8 Å². The third-order valence-electron chi connectivity index (χ3n) is 6.97. The van der Waals surface area contributed by atoms with E-state index in [1.54, 1.807) is 12.3 Å². The molecule has 1 saturated heterocycles. The van der Waals surface area contributed by atoms with Gasteiger partial charge in [0, 0.05) is 47.7 Å². The molecule has 2 bridgehead atoms. The van der Waals surface area contributed by atoms with Crippen LogP contribution in [0, 0.1) is 5.82 Å². The first-order chi connectivity index (χ1) is 15.9. The molecule has 1 amide bonds. The van der Waals surface area contributed by atoms with Gasteiger partial charge in [-0.2, -0.15) is 5.10 Å². The van der Waals surface area contributed by atoms with Gasteiger partial charge in [0.2, 0.25) is 0 Å². The maximum Gasteiger partial charge on any atom is 0.260 e. The van der Waals surface area contributed by atoms with E-state index in [2.05, 4.69) is 23.7 Å². The second-order valence-corrected chi connectivity index (χ2v) is 9.56. The Labute approximate surface area is 192 Å². The van der Waals surface area contributed by atoms with Gasteiger partial charge >= 0.3 is 0 Å². The molecular weight excluding hydrogens is 419 g/mol. The van der Waals surface area contributed by atoms with Crippen molar-refractivity contribution in [1.29, 1.82) is 0 Å². The topological polar surface area (TPSA) is 80.3 Å². The van der Waals surface area contributed by atoms with Crippen molar-refractivity contribution < 1.29 is 9.18 Å². The Morgan fingerprint density at radius 1 is 1.15 bits per heavy atom. The van der Waals surface area contributed by atoms with Crippen LogP contribution in [-0.2, 0) is 0 Å². The standard InChI is InChI=1S/C25H27FN6O/c1-14(2)31-13-20-15-10-22(23(27)28-12-15)30-9-3-4-21(30)19-11-16(26)5-8-18(19)25(33)32(17-6-7-17)24(20)29-31/h5,8,10-14,17,21H,3-4,6-7,9H2,1-2H3,(H2,27,28)/t21-/m1/s1. The predicted molar refractivity (Wildman–Crippen MR) is 126 cm³/mol. The fraction of sp³-hybridized carbons (Fsp3) is 0.400. The van der Waals surface area contributed by atoms with Crippen LogP contribution in [0.4, 0.5) is 21.7 Å². The normalized spacial score (nSPS) is 19.9. The molecule has 3 aromatic rings. The van der Waals surface area contributed by atoms with Crippen molar-refractivity contribution in [3.05, 3.63) is 53.6 Å². The molecule has 7 nitrogen and oxygen atoms in total. The van der Waals surface area contributed by atoms with Crippen LogP contribution in [0.25, 0.3) is 11.1 Å². The number of fused-ring (bicyclic) bond motifs is 8. The van der Waals surface area contributed by atoms with E-state index in [0.29, 0.717) is 22.8 Å². The highest BCUT2D eigenvalue weighted by atomic mass is 19.1. The molecule has 8 heteroatoms. The maximum absolute atomic E-state index is 14.5. The molecule has 1 atom stereocenters. The summed E-state index contributed by atoms with van der Waals surface area (Å²) >= 11 is 0. The highest BCUT2D eigenvalue weighted by molar-refractivity contribution is 6.09. The van der Waals surface area contributed by atoms with Crippen LogP contribution in [0.5, 0.6) is 0 Å². The summed E-state index contributed by atoms with van der Waals surface area (Å²) in [4.78, 5) is 22.6. The van der Waals surface area contributed by atoms with E-state index in [1.807, 2.05) is 21.8 Å². The molecule has 2 N–H and O–H groups in total. The van der Waals surface area contributed by atoms with Crippen molar-refractivity contribution in [2.75, 3.05) is 22.1 Å². The number of carbonyl (C=O) groups is 1. The molecule has 0 radical (unpaired) electrons. The number of nitrogen functional groups attached to an aromatic ring is 1. The quantitative estimate of drug-likeness (QED) is 0.617. The molecular formula is C25H27FN6O. The minimum atomic E-state index is -0.342. The lowest BCUT2D eigenvalue weighted by Gasteiger charge is -2.29. The Hall–Kier alpha value is -3.42. The average molecular weight is 447 g/mol. The molecule has 170 valence electrons. The van der Waals surface area contributed by atoms with Crippen LogP contribution in [-0.4, -0.2) is 33.3 Å². The Morgan fingerprint density at radius 3 is 2.73 bits per heavy atom. The number of hydrogen-bond acceptors (Lipinski definition) is 5. The lowest BCUT2D eigenvalue weighted by Crippen LogP contribution is -2.35. The number of nitrogens with zero attached hydrogens (tertiary/aromatic N) is 5. The zero-order valence-electron chi connectivity index (χ0n) is 18.8. The lowest BCUT2D eigenvalue weighted by molar-refractivity contribution is 0.0983. The van der Waals surface area contributed by atoms with Gasteiger partial charge in [0.05, 0.1) is 11.7 Å². The highest BCUT2D eigenvalue weighted by Gasteiger charge is 2.40. The number of rotatable bonds is 2. The number of aromatic nitrogens is 3. The van der Waals surface area contributed by atoms with E-state index in [4.69, 9.17) is 10.8 Å². The van der Waals surface area contributed by atoms with Crippen molar-refractivity contribution in [2.24, 2.45) is 0 Å². The molecule has 4 heterocycles. The van der Waals surface area contributed by atoms with E-state index in [0.717, 1.165) is 49.0 Å². The van der Waals surface area contributed by atoms with Crippen molar-refractivity contribution >= 4 is 23.2 Å². The second kappa shape index (κ2) is 7.30. The number of hydrogen-bond donors (Lipinski definition) is 1. The van der Waals surface area contributed by atoms with E-state index in [-0.39, 0.29) is 29.8 Å². The van der Waals surface area contributed by atoms with Gasteiger partial charge in [-0.3, -0.25) is 14.4 Å². The van der Waals surface area contributed by atoms with Gasteiger partial charge in [0.1, 0.15) is 11.6 Å². The molecule has 2 fully saturated rings. The van der Waals surface area contributed by atoms with Crippen molar-refractivity contribution in [3.63, 3.8) is 0 Å². The first kappa shape index (κ1) is 20.2. The van der Waals surface area contributed by atoms with Gasteiger partial charge in [-0.1, -0.05) is 0 Å². The predicted octanol–water partition coefficient (Wildman–Crippen LogP) is 4.71. The van der Waals surface area contributed by atoms with Crippen molar-refractivity contribution in [3.8, 4) is 11.1 Å². The average Bonchev–Trinajstić information content (AvgIpc) is 3.32. The summed E-state index contributed by atoms with van der Waals surface area (Å²) in [6.07, 6.45) is 7.36. The van der Waals surface area contributed by atoms with Crippen LogP contribution >= 0.6 is 0 Å². The Kier molecular flexibility index (Phi) is 4.47. The van der Waals surface area contributed by atoms with Crippen LogP contribution in [0.1, 0.15) is 67.5 Å². The number of pyridine rings is 1. The van der Waals surface area contributed by atoms with Crippen LogP contribution < -0.4 is 15.5 Å². The molecule has 1 aliphatic carbocycles. The number of halogens is 1. The lowest BCUT2D eigenvalue weighted by atomic mass is 9.96. The summed E-state index contributed by atoms with van der Waals surface area (Å²) in [6.45, 7) is 4.90. The third kappa shape index (κ3) is 3.19. The largest absolute Gasteiger partial charge is 0.382 e. The molecule has 6 rings (SSSR count). The Balaban J connectivity index is 1.67. The first-order valence-corrected chi connectivity index (χ1v) is 11.7. The van der Waals surface area contributed by atoms with Crippen LogP contribution in [0.3, 0.4) is 0 Å². The Bertz CT molecular complexity index is 1260. The fourth-order valence-electron chi connectivity index (χ4n) is 5.15. The SMILES string of the molecule is CC(C)n1cc2c(n1)N(C1CC1)C(=O)c1ccc(F)cc1[C@H]1CCCN1c1cc-2cnc1N. The zero-order valence-corrected chi connectivity index (χ0v) is 18.8. The molecule has 1 aromatic carbocycles. The van der Waals surface area contributed by atoms with Gasteiger partial charge in [0.25, 0.3) is 5.91 Å². The van der Waals surface area contributed by atoms with Crippen LogP contribution in [0.2, 0.25) is 0 Å². The molecule has 2 aliphatic heterocycles. The van der Waals surface area contributed by atoms with Gasteiger partial charge in [0.15, 0.2) is 5.82 Å². The number of benzene rings is 1. The van der Waals surface area contributed by atoms with E-state index in [1.165, 1.54) is 12.1 Å². The van der Waals surface area contributed by atoms with Gasteiger partial charge in [-0.05, 0) is 69.4 Å². The highest BCUT2D eigenvalue weighted by Crippen LogP contribution is 2.45. The molecule has 1 saturated carbocycles. The molecule has 0 unspecified atom stereocenters. The van der Waals surface area contributed by atoms with E-state index >= 15 is 0 Å². The monoisotopic (exact) mass is 446 g/mol. The molecule has 2 aromatic heterocycles. The number of amides is 1. The summed E-state index contributed by atoms with van der Waals surface area (Å²) in [6, 6.07) is 6.66. The van der Waals surface area contributed by atoms with Gasteiger partial charge in [-0.15, -0.1) is 0 Å². The maximum atomic E-state index is 14.5.